The van der Waals surface area contributed by atoms with Gasteiger partial charge >= 0.3 is 0 Å². The number of nitrogens with zero attached hydrogens (tertiary/aromatic N) is 3. The molecule has 5 atom stereocenters. The summed E-state index contributed by atoms with van der Waals surface area (Å²) in [6.07, 6.45) is -2.24. The molecule has 37 heavy (non-hydrogen) atoms. The van der Waals surface area contributed by atoms with Gasteiger partial charge in [0.25, 0.3) is 5.91 Å². The molecule has 3 heterocycles. The summed E-state index contributed by atoms with van der Waals surface area (Å²) in [4.78, 5) is 20.9. The average Bonchev–Trinajstić information content (AvgIpc) is 3.27. The van der Waals surface area contributed by atoms with Crippen LogP contribution in [0.2, 0.25) is 18.1 Å². The van der Waals surface area contributed by atoms with E-state index in [1.165, 1.54) is 24.7 Å². The van der Waals surface area contributed by atoms with E-state index in [2.05, 4.69) is 15.3 Å². The second-order valence-electron chi connectivity index (χ2n) is 11.3. The van der Waals surface area contributed by atoms with Crippen LogP contribution in [0, 0.1) is 5.82 Å². The maximum atomic E-state index is 16.6. The van der Waals surface area contributed by atoms with Crippen molar-refractivity contribution in [2.75, 3.05) is 5.32 Å². The zero-order chi connectivity index (χ0) is 27.3. The van der Waals surface area contributed by atoms with Crippen molar-refractivity contribution >= 4 is 31.1 Å². The van der Waals surface area contributed by atoms with Gasteiger partial charge in [0.1, 0.15) is 24.4 Å². The van der Waals surface area contributed by atoms with Crippen LogP contribution in [0.15, 0.2) is 42.9 Å². The van der Waals surface area contributed by atoms with Crippen LogP contribution < -0.4 is 5.32 Å². The molecule has 2 aromatic heterocycles. The summed E-state index contributed by atoms with van der Waals surface area (Å²) >= 11 is 0. The highest BCUT2D eigenvalue weighted by molar-refractivity contribution is 6.74. The number of fused-ring (bicyclic) bond motifs is 1. The highest BCUT2D eigenvalue weighted by Gasteiger charge is 2.60. The lowest BCUT2D eigenvalue weighted by molar-refractivity contribution is -0.0787. The monoisotopic (exact) mass is 532 g/mol. The van der Waals surface area contributed by atoms with Crippen molar-refractivity contribution in [3.63, 3.8) is 0 Å². The Balaban J connectivity index is 1.74. The summed E-state index contributed by atoms with van der Waals surface area (Å²) in [6.45, 7) is 13.0. The number of halogens is 2. The van der Waals surface area contributed by atoms with E-state index in [1.54, 1.807) is 30.3 Å². The van der Waals surface area contributed by atoms with E-state index < -0.39 is 50.3 Å². The maximum Gasteiger partial charge on any atom is 0.256 e. The van der Waals surface area contributed by atoms with Crippen molar-refractivity contribution < 1.29 is 27.8 Å². The first kappa shape index (κ1) is 27.3. The van der Waals surface area contributed by atoms with Crippen molar-refractivity contribution in [3.05, 3.63) is 54.2 Å². The van der Waals surface area contributed by atoms with Gasteiger partial charge < -0.3 is 19.6 Å². The molecule has 2 unspecified atom stereocenters. The van der Waals surface area contributed by atoms with Crippen molar-refractivity contribution in [3.8, 4) is 0 Å². The quantitative estimate of drug-likeness (QED) is 0.423. The van der Waals surface area contributed by atoms with Crippen LogP contribution in [0.5, 0.6) is 0 Å². The van der Waals surface area contributed by atoms with Crippen molar-refractivity contribution in [2.45, 2.75) is 83.0 Å². The van der Waals surface area contributed by atoms with E-state index >= 15 is 8.78 Å². The number of carbonyl (C=O) groups is 1. The number of aliphatic hydroxyl groups is 1. The van der Waals surface area contributed by atoms with E-state index in [9.17, 15) is 9.90 Å². The van der Waals surface area contributed by atoms with Crippen LogP contribution in [0.25, 0.3) is 11.0 Å². The SMILES string of the molecule is CC(O)[C@H]1OC(n2cc(F)c3c(NC(=O)c4ccccc4)ncnc32)[C@](C)(F)[C@@H]1O[Si](C)(C)C(C)(C)C. The van der Waals surface area contributed by atoms with Gasteiger partial charge in [-0.3, -0.25) is 9.36 Å². The number of amides is 1. The molecule has 1 fully saturated rings. The van der Waals surface area contributed by atoms with Gasteiger partial charge in [0, 0.05) is 11.8 Å². The number of anilines is 1. The first-order chi connectivity index (χ1) is 17.1. The fourth-order valence-corrected chi connectivity index (χ4v) is 5.63. The highest BCUT2D eigenvalue weighted by atomic mass is 28.4. The molecule has 1 aliphatic heterocycles. The number of aliphatic hydroxyl groups excluding tert-OH is 1. The van der Waals surface area contributed by atoms with Gasteiger partial charge in [0.05, 0.1) is 11.5 Å². The van der Waals surface area contributed by atoms with Crippen LogP contribution in [-0.2, 0) is 9.16 Å². The largest absolute Gasteiger partial charge is 0.408 e. The zero-order valence-electron chi connectivity index (χ0n) is 22.1. The molecule has 1 aliphatic rings. The lowest BCUT2D eigenvalue weighted by atomic mass is 9.96. The van der Waals surface area contributed by atoms with Gasteiger partial charge in [0.2, 0.25) is 0 Å². The van der Waals surface area contributed by atoms with E-state index in [1.807, 2.05) is 33.9 Å². The molecule has 4 rings (SSSR count). The number of hydrogen-bond acceptors (Lipinski definition) is 6. The summed E-state index contributed by atoms with van der Waals surface area (Å²) in [5.41, 5.74) is -1.73. The summed E-state index contributed by atoms with van der Waals surface area (Å²) < 4.78 is 45.6. The molecule has 200 valence electrons. The lowest BCUT2D eigenvalue weighted by Gasteiger charge is -2.41. The van der Waals surface area contributed by atoms with Crippen LogP contribution in [-0.4, -0.2) is 57.8 Å². The Kier molecular flexibility index (Phi) is 7.04. The fraction of sp³-hybridized carbons (Fsp3) is 0.500. The molecule has 3 aromatic rings. The third kappa shape index (κ3) is 4.92. The van der Waals surface area contributed by atoms with Gasteiger partial charge in [-0.15, -0.1) is 0 Å². The van der Waals surface area contributed by atoms with E-state index in [0.29, 0.717) is 5.56 Å². The molecule has 0 radical (unpaired) electrons. The number of ether oxygens (including phenoxy) is 1. The number of alkyl halides is 1. The molecule has 0 spiro atoms. The third-order valence-electron chi connectivity index (χ3n) is 7.41. The topological polar surface area (TPSA) is 98.5 Å². The number of carbonyl (C=O) groups excluding carboxylic acids is 1. The van der Waals surface area contributed by atoms with Crippen molar-refractivity contribution in [2.24, 2.45) is 0 Å². The normalized spacial score (nSPS) is 25.4. The molecule has 1 saturated heterocycles. The number of hydrogen-bond donors (Lipinski definition) is 2. The van der Waals surface area contributed by atoms with E-state index in [0.717, 1.165) is 6.20 Å². The Morgan fingerprint density at radius 3 is 2.51 bits per heavy atom. The molecular formula is C26H34F2N4O4Si. The summed E-state index contributed by atoms with van der Waals surface area (Å²) in [6, 6.07) is 8.44. The standard InChI is InChI=1S/C26H34F2N4O4Si/c1-15(33)19-20(36-37(6,7)25(2,3)4)26(5,28)24(35-19)32-13-17(27)18-21(29-14-30-22(18)32)31-23(34)16-11-9-8-10-12-16/h8-15,19-20,24,33H,1-7H3,(H,29,30,31,34)/t15?,19-,20-,24?,26-/m1/s1. The molecule has 2 N–H and O–H groups in total. The van der Waals surface area contributed by atoms with Crippen LogP contribution in [0.4, 0.5) is 14.6 Å². The smallest absolute Gasteiger partial charge is 0.256 e. The van der Waals surface area contributed by atoms with Crippen LogP contribution in [0.3, 0.4) is 0 Å². The summed E-state index contributed by atoms with van der Waals surface area (Å²) in [7, 11) is -2.47. The zero-order valence-corrected chi connectivity index (χ0v) is 23.1. The first-order valence-electron chi connectivity index (χ1n) is 12.2. The van der Waals surface area contributed by atoms with Crippen LogP contribution >= 0.6 is 0 Å². The predicted molar refractivity (Wildman–Crippen MR) is 139 cm³/mol. The van der Waals surface area contributed by atoms with E-state index in [-0.39, 0.29) is 21.9 Å². The molecule has 0 aliphatic carbocycles. The summed E-state index contributed by atoms with van der Waals surface area (Å²) in [5.74, 6) is -1.27. The van der Waals surface area contributed by atoms with Gasteiger partial charge in [-0.05, 0) is 44.1 Å². The van der Waals surface area contributed by atoms with Crippen molar-refractivity contribution in [1.82, 2.24) is 14.5 Å². The van der Waals surface area contributed by atoms with Gasteiger partial charge in [-0.2, -0.15) is 0 Å². The minimum absolute atomic E-state index is 0.0436. The molecule has 0 saturated carbocycles. The van der Waals surface area contributed by atoms with Gasteiger partial charge in [-0.1, -0.05) is 39.0 Å². The van der Waals surface area contributed by atoms with Gasteiger partial charge in [-0.25, -0.2) is 18.7 Å². The van der Waals surface area contributed by atoms with Gasteiger partial charge in [0.15, 0.2) is 31.7 Å². The number of benzene rings is 1. The summed E-state index contributed by atoms with van der Waals surface area (Å²) in [5, 5.41) is 12.8. The van der Waals surface area contributed by atoms with Crippen LogP contribution in [0.1, 0.15) is 51.2 Å². The lowest BCUT2D eigenvalue weighted by Crippen LogP contribution is -2.53. The number of aromatic nitrogens is 3. The maximum absolute atomic E-state index is 16.6. The number of rotatable bonds is 6. The Labute approximate surface area is 216 Å². The van der Waals surface area contributed by atoms with E-state index in [4.69, 9.17) is 9.16 Å². The molecule has 1 amide bonds. The van der Waals surface area contributed by atoms with Crippen molar-refractivity contribution in [1.29, 1.82) is 0 Å². The predicted octanol–water partition coefficient (Wildman–Crippen LogP) is 5.22. The second-order valence-corrected chi connectivity index (χ2v) is 16.0. The third-order valence-corrected chi connectivity index (χ3v) is 11.9. The highest BCUT2D eigenvalue weighted by Crippen LogP contribution is 2.49. The first-order valence-corrected chi connectivity index (χ1v) is 15.1. The molecule has 0 bridgehead atoms. The molecule has 11 heteroatoms. The Bertz CT molecular complexity index is 1290. The molecule has 8 nitrogen and oxygen atoms in total. The second kappa shape index (κ2) is 9.54. The minimum atomic E-state index is -2.47. The Morgan fingerprint density at radius 2 is 1.92 bits per heavy atom. The minimum Gasteiger partial charge on any atom is -0.408 e. The Hall–Kier alpha value is -2.73. The Morgan fingerprint density at radius 1 is 1.27 bits per heavy atom. The molecular weight excluding hydrogens is 498 g/mol. The molecule has 1 aromatic carbocycles. The fourth-order valence-electron chi connectivity index (χ4n) is 4.28. The average molecular weight is 533 g/mol. The number of nitrogens with one attached hydrogen (secondary N) is 1.